The lowest BCUT2D eigenvalue weighted by molar-refractivity contribution is -0.153. The van der Waals surface area contributed by atoms with Crippen molar-refractivity contribution in [1.29, 1.82) is 0 Å². The van der Waals surface area contributed by atoms with Crippen molar-refractivity contribution in [2.45, 2.75) is 38.5 Å². The number of Topliss-reactive ketones (excluding diaryl/α,β-unsaturated/α-hetero) is 1. The summed E-state index contributed by atoms with van der Waals surface area (Å²) in [7, 11) is 0. The van der Waals surface area contributed by atoms with Crippen LogP contribution in [0.4, 0.5) is 4.79 Å². The van der Waals surface area contributed by atoms with Gasteiger partial charge in [-0.25, -0.2) is 9.59 Å². The fourth-order valence-electron chi connectivity index (χ4n) is 2.86. The highest BCUT2D eigenvalue weighted by Crippen LogP contribution is 2.25. The van der Waals surface area contributed by atoms with Crippen LogP contribution < -0.4 is 0 Å². The predicted molar refractivity (Wildman–Crippen MR) is 84.2 cm³/mol. The van der Waals surface area contributed by atoms with E-state index in [0.717, 1.165) is 5.56 Å². The van der Waals surface area contributed by atoms with Gasteiger partial charge in [0.15, 0.2) is 0 Å². The number of likely N-dealkylation sites (tertiary alicyclic amines) is 1. The largest absolute Gasteiger partial charge is 0.475 e. The van der Waals surface area contributed by atoms with Gasteiger partial charge in [-0.2, -0.15) is 0 Å². The predicted octanol–water partition coefficient (Wildman–Crippen LogP) is 1.44. The molecule has 1 amide bonds. The SMILES string of the molecule is CC(C(=O)C(=O)O)C(O)C1CCCN1C(=O)OCc1ccccc1. The van der Waals surface area contributed by atoms with E-state index in [1.165, 1.54) is 11.8 Å². The van der Waals surface area contributed by atoms with Crippen molar-refractivity contribution in [1.82, 2.24) is 4.90 Å². The Morgan fingerprint density at radius 2 is 1.96 bits per heavy atom. The van der Waals surface area contributed by atoms with Crippen LogP contribution >= 0.6 is 0 Å². The van der Waals surface area contributed by atoms with Crippen LogP contribution in [-0.4, -0.2) is 51.6 Å². The molecule has 24 heavy (non-hydrogen) atoms. The summed E-state index contributed by atoms with van der Waals surface area (Å²) in [6.45, 7) is 1.87. The fourth-order valence-corrected chi connectivity index (χ4v) is 2.86. The molecule has 7 nitrogen and oxygen atoms in total. The molecule has 1 heterocycles. The monoisotopic (exact) mass is 335 g/mol. The summed E-state index contributed by atoms with van der Waals surface area (Å²) in [5.74, 6) is -3.74. The average molecular weight is 335 g/mol. The Labute approximate surface area is 139 Å². The van der Waals surface area contributed by atoms with Gasteiger partial charge in [-0.1, -0.05) is 37.3 Å². The number of carbonyl (C=O) groups excluding carboxylic acids is 2. The fraction of sp³-hybridized carbons (Fsp3) is 0.471. The first-order valence-corrected chi connectivity index (χ1v) is 7.84. The molecule has 7 heteroatoms. The summed E-state index contributed by atoms with van der Waals surface area (Å²) < 4.78 is 5.25. The summed E-state index contributed by atoms with van der Waals surface area (Å²) in [6, 6.07) is 8.58. The lowest BCUT2D eigenvalue weighted by Gasteiger charge is -2.30. The van der Waals surface area contributed by atoms with E-state index in [2.05, 4.69) is 0 Å². The zero-order valence-corrected chi connectivity index (χ0v) is 13.4. The normalized spacial score (nSPS) is 19.6. The summed E-state index contributed by atoms with van der Waals surface area (Å²) >= 11 is 0. The average Bonchev–Trinajstić information content (AvgIpc) is 3.08. The second-order valence-corrected chi connectivity index (χ2v) is 5.89. The van der Waals surface area contributed by atoms with Crippen molar-refractivity contribution in [3.63, 3.8) is 0 Å². The van der Waals surface area contributed by atoms with Crippen molar-refractivity contribution in [2.75, 3.05) is 6.54 Å². The van der Waals surface area contributed by atoms with E-state index in [1.54, 1.807) is 0 Å². The van der Waals surface area contributed by atoms with Crippen LogP contribution in [0.1, 0.15) is 25.3 Å². The molecular weight excluding hydrogens is 314 g/mol. The Hall–Kier alpha value is -2.41. The first-order valence-electron chi connectivity index (χ1n) is 7.84. The third-order valence-electron chi connectivity index (χ3n) is 4.27. The van der Waals surface area contributed by atoms with Crippen LogP contribution in [-0.2, 0) is 20.9 Å². The highest BCUT2D eigenvalue weighted by molar-refractivity contribution is 6.33. The summed E-state index contributed by atoms with van der Waals surface area (Å²) in [5.41, 5.74) is 0.844. The molecule has 2 rings (SSSR count). The van der Waals surface area contributed by atoms with E-state index in [0.29, 0.717) is 19.4 Å². The number of aliphatic hydroxyl groups excluding tert-OH is 1. The molecule has 0 aromatic heterocycles. The van der Waals surface area contributed by atoms with E-state index in [1.807, 2.05) is 30.3 Å². The number of ether oxygens (including phenoxy) is 1. The Kier molecular flexibility index (Phi) is 5.92. The molecule has 0 radical (unpaired) electrons. The number of hydrogen-bond donors (Lipinski definition) is 2. The highest BCUT2D eigenvalue weighted by atomic mass is 16.6. The second kappa shape index (κ2) is 7.92. The number of nitrogens with zero attached hydrogens (tertiary/aromatic N) is 1. The molecule has 1 aliphatic rings. The van der Waals surface area contributed by atoms with Gasteiger partial charge in [0, 0.05) is 6.54 Å². The highest BCUT2D eigenvalue weighted by Gasteiger charge is 2.40. The molecule has 1 fully saturated rings. The van der Waals surface area contributed by atoms with Crippen molar-refractivity contribution in [2.24, 2.45) is 5.92 Å². The van der Waals surface area contributed by atoms with Gasteiger partial charge in [0.05, 0.1) is 18.1 Å². The van der Waals surface area contributed by atoms with Gasteiger partial charge in [-0.05, 0) is 18.4 Å². The van der Waals surface area contributed by atoms with Crippen LogP contribution in [0.25, 0.3) is 0 Å². The van der Waals surface area contributed by atoms with Gasteiger partial charge in [0.25, 0.3) is 0 Å². The molecule has 3 atom stereocenters. The minimum atomic E-state index is -1.59. The van der Waals surface area contributed by atoms with E-state index >= 15 is 0 Å². The van der Waals surface area contributed by atoms with Crippen molar-refractivity contribution in [3.8, 4) is 0 Å². The number of carbonyl (C=O) groups is 3. The standard InChI is InChI=1S/C17H21NO6/c1-11(15(20)16(21)22)14(19)13-8-5-9-18(13)17(23)24-10-12-6-3-2-4-7-12/h2-4,6-7,11,13-14,19H,5,8-10H2,1H3,(H,21,22). The maximum Gasteiger partial charge on any atom is 0.410 e. The molecule has 0 spiro atoms. The number of hydrogen-bond acceptors (Lipinski definition) is 5. The van der Waals surface area contributed by atoms with E-state index in [9.17, 15) is 19.5 Å². The van der Waals surface area contributed by atoms with Crippen LogP contribution in [0.5, 0.6) is 0 Å². The van der Waals surface area contributed by atoms with Crippen LogP contribution in [0.2, 0.25) is 0 Å². The van der Waals surface area contributed by atoms with Crippen molar-refractivity contribution in [3.05, 3.63) is 35.9 Å². The topological polar surface area (TPSA) is 104 Å². The van der Waals surface area contributed by atoms with Crippen LogP contribution in [0.15, 0.2) is 30.3 Å². The van der Waals surface area contributed by atoms with Gasteiger partial charge >= 0.3 is 12.1 Å². The number of ketones is 1. The van der Waals surface area contributed by atoms with Gasteiger partial charge in [0.1, 0.15) is 6.61 Å². The Balaban J connectivity index is 1.97. The van der Waals surface area contributed by atoms with Gasteiger partial charge in [0.2, 0.25) is 5.78 Å². The number of aliphatic carboxylic acids is 1. The molecular formula is C17H21NO6. The summed E-state index contributed by atoms with van der Waals surface area (Å²) in [5, 5.41) is 19.1. The number of amides is 1. The molecule has 1 aromatic rings. The van der Waals surface area contributed by atoms with Gasteiger partial charge in [-0.15, -0.1) is 0 Å². The number of carboxylic acid groups (broad SMARTS) is 1. The Morgan fingerprint density at radius 3 is 2.58 bits per heavy atom. The lowest BCUT2D eigenvalue weighted by atomic mass is 9.92. The van der Waals surface area contributed by atoms with Crippen LogP contribution in [0.3, 0.4) is 0 Å². The smallest absolute Gasteiger partial charge is 0.410 e. The van der Waals surface area contributed by atoms with Crippen molar-refractivity contribution < 1.29 is 29.3 Å². The zero-order chi connectivity index (χ0) is 17.7. The molecule has 1 aliphatic heterocycles. The number of benzene rings is 1. The number of aliphatic hydroxyl groups is 1. The minimum absolute atomic E-state index is 0.114. The van der Waals surface area contributed by atoms with Crippen LogP contribution in [0, 0.1) is 5.92 Å². The van der Waals surface area contributed by atoms with E-state index in [4.69, 9.17) is 9.84 Å². The molecule has 1 aromatic carbocycles. The Morgan fingerprint density at radius 1 is 1.29 bits per heavy atom. The minimum Gasteiger partial charge on any atom is -0.475 e. The second-order valence-electron chi connectivity index (χ2n) is 5.89. The third kappa shape index (κ3) is 4.11. The maximum absolute atomic E-state index is 12.3. The third-order valence-corrected chi connectivity index (χ3v) is 4.27. The summed E-state index contributed by atoms with van der Waals surface area (Å²) in [6.07, 6.45) is -0.648. The van der Waals surface area contributed by atoms with E-state index in [-0.39, 0.29) is 6.61 Å². The first kappa shape index (κ1) is 17.9. The zero-order valence-electron chi connectivity index (χ0n) is 13.4. The van der Waals surface area contributed by atoms with Gasteiger partial charge in [-0.3, -0.25) is 4.79 Å². The quantitative estimate of drug-likeness (QED) is 0.762. The first-order chi connectivity index (χ1) is 11.4. The van der Waals surface area contributed by atoms with E-state index < -0.39 is 35.9 Å². The molecule has 0 bridgehead atoms. The molecule has 1 saturated heterocycles. The number of carboxylic acids is 1. The van der Waals surface area contributed by atoms with Gasteiger partial charge < -0.3 is 19.8 Å². The maximum atomic E-state index is 12.3. The van der Waals surface area contributed by atoms with Crippen molar-refractivity contribution >= 4 is 17.8 Å². The number of rotatable bonds is 6. The Bertz CT molecular complexity index is 602. The molecule has 0 saturated carbocycles. The lowest BCUT2D eigenvalue weighted by Crippen LogP contribution is -2.47. The molecule has 130 valence electrons. The molecule has 0 aliphatic carbocycles. The molecule has 3 unspecified atom stereocenters. The molecule has 2 N–H and O–H groups in total. The summed E-state index contributed by atoms with van der Waals surface area (Å²) in [4.78, 5) is 35.9.